The topological polar surface area (TPSA) is 52.3 Å². The van der Waals surface area contributed by atoms with Crippen LogP contribution in [-0.2, 0) is 9.53 Å². The van der Waals surface area contributed by atoms with Gasteiger partial charge >= 0.3 is 0 Å². The second-order valence-electron chi connectivity index (χ2n) is 4.12. The Morgan fingerprint density at radius 1 is 1.43 bits per heavy atom. The van der Waals surface area contributed by atoms with E-state index in [1.165, 1.54) is 0 Å². The normalized spacial score (nSPS) is 20.7. The summed E-state index contributed by atoms with van der Waals surface area (Å²) in [4.78, 5) is 12.0. The maximum atomic E-state index is 12.0. The van der Waals surface area contributed by atoms with Gasteiger partial charge in [0.2, 0.25) is 0 Å². The van der Waals surface area contributed by atoms with E-state index < -0.39 is 0 Å². The number of ketones is 1. The van der Waals surface area contributed by atoms with Gasteiger partial charge in [0, 0.05) is 31.6 Å². The van der Waals surface area contributed by atoms with Gasteiger partial charge < -0.3 is 10.5 Å². The lowest BCUT2D eigenvalue weighted by Crippen LogP contribution is -2.43. The Morgan fingerprint density at radius 3 is 2.57 bits per heavy atom. The van der Waals surface area contributed by atoms with E-state index in [-0.39, 0.29) is 5.41 Å². The first-order valence-corrected chi connectivity index (χ1v) is 5.56. The zero-order valence-electron chi connectivity index (χ0n) is 9.05. The lowest BCUT2D eigenvalue weighted by Gasteiger charge is -2.34. The quantitative estimate of drug-likeness (QED) is 0.730. The molecule has 14 heavy (non-hydrogen) atoms. The standard InChI is InChI=1S/C11H21NO2/c1-2-3-4-10(13)11(9-12)5-7-14-8-6-11/h2-9,12H2,1H3. The van der Waals surface area contributed by atoms with Crippen LogP contribution in [0.2, 0.25) is 0 Å². The molecule has 1 rings (SSSR count). The van der Waals surface area contributed by atoms with Crippen molar-refractivity contribution in [1.29, 1.82) is 0 Å². The molecule has 0 radical (unpaired) electrons. The highest BCUT2D eigenvalue weighted by atomic mass is 16.5. The van der Waals surface area contributed by atoms with Crippen LogP contribution in [0, 0.1) is 5.41 Å². The van der Waals surface area contributed by atoms with Gasteiger partial charge in [0.25, 0.3) is 0 Å². The summed E-state index contributed by atoms with van der Waals surface area (Å²) in [6.45, 7) is 3.97. The van der Waals surface area contributed by atoms with Crippen molar-refractivity contribution in [3.63, 3.8) is 0 Å². The van der Waals surface area contributed by atoms with Gasteiger partial charge in [-0.2, -0.15) is 0 Å². The monoisotopic (exact) mass is 199 g/mol. The first kappa shape index (κ1) is 11.7. The van der Waals surface area contributed by atoms with E-state index in [4.69, 9.17) is 10.5 Å². The molecule has 0 spiro atoms. The fourth-order valence-corrected chi connectivity index (χ4v) is 1.96. The van der Waals surface area contributed by atoms with E-state index in [0.717, 1.165) is 25.7 Å². The maximum Gasteiger partial charge on any atom is 0.140 e. The average molecular weight is 199 g/mol. The molecule has 0 aliphatic carbocycles. The molecule has 0 aromatic rings. The summed E-state index contributed by atoms with van der Waals surface area (Å²) in [7, 11) is 0. The van der Waals surface area contributed by atoms with Crippen molar-refractivity contribution in [2.75, 3.05) is 19.8 Å². The molecule has 0 amide bonds. The number of nitrogens with two attached hydrogens (primary N) is 1. The third kappa shape index (κ3) is 2.55. The SMILES string of the molecule is CCCCC(=O)C1(CN)CCOCC1. The highest BCUT2D eigenvalue weighted by Crippen LogP contribution is 2.31. The number of unbranched alkanes of at least 4 members (excludes halogenated alkanes) is 1. The highest BCUT2D eigenvalue weighted by molar-refractivity contribution is 5.85. The molecule has 3 nitrogen and oxygen atoms in total. The molecule has 0 unspecified atom stereocenters. The van der Waals surface area contributed by atoms with E-state index >= 15 is 0 Å². The van der Waals surface area contributed by atoms with Gasteiger partial charge in [-0.15, -0.1) is 0 Å². The molecule has 1 heterocycles. The van der Waals surface area contributed by atoms with Crippen molar-refractivity contribution in [1.82, 2.24) is 0 Å². The fraction of sp³-hybridized carbons (Fsp3) is 0.909. The van der Waals surface area contributed by atoms with E-state index in [2.05, 4.69) is 6.92 Å². The number of rotatable bonds is 5. The number of ether oxygens (including phenoxy) is 1. The van der Waals surface area contributed by atoms with Crippen LogP contribution >= 0.6 is 0 Å². The minimum atomic E-state index is -0.257. The molecule has 82 valence electrons. The Bertz CT molecular complexity index is 186. The summed E-state index contributed by atoms with van der Waals surface area (Å²) in [6, 6.07) is 0. The Balaban J connectivity index is 2.53. The van der Waals surface area contributed by atoms with Crippen LogP contribution in [0.1, 0.15) is 39.0 Å². The smallest absolute Gasteiger partial charge is 0.140 e. The van der Waals surface area contributed by atoms with Gasteiger partial charge in [0.15, 0.2) is 0 Å². The van der Waals surface area contributed by atoms with Crippen LogP contribution < -0.4 is 5.73 Å². The van der Waals surface area contributed by atoms with Gasteiger partial charge in [0.05, 0.1) is 0 Å². The van der Waals surface area contributed by atoms with E-state index in [9.17, 15) is 4.79 Å². The van der Waals surface area contributed by atoms with Gasteiger partial charge in [-0.1, -0.05) is 13.3 Å². The molecule has 1 fully saturated rings. The second kappa shape index (κ2) is 5.47. The Morgan fingerprint density at radius 2 is 2.07 bits per heavy atom. The predicted molar refractivity (Wildman–Crippen MR) is 56.1 cm³/mol. The lowest BCUT2D eigenvalue weighted by molar-refractivity contribution is -0.133. The minimum absolute atomic E-state index is 0.257. The number of carbonyl (C=O) groups is 1. The molecule has 1 saturated heterocycles. The van der Waals surface area contributed by atoms with Crippen molar-refractivity contribution in [2.24, 2.45) is 11.1 Å². The maximum absolute atomic E-state index is 12.0. The second-order valence-corrected chi connectivity index (χ2v) is 4.12. The van der Waals surface area contributed by atoms with Crippen molar-refractivity contribution in [2.45, 2.75) is 39.0 Å². The summed E-state index contributed by atoms with van der Waals surface area (Å²) >= 11 is 0. The van der Waals surface area contributed by atoms with Crippen LogP contribution in [0.5, 0.6) is 0 Å². The summed E-state index contributed by atoms with van der Waals surface area (Å²) < 4.78 is 5.27. The van der Waals surface area contributed by atoms with E-state index in [0.29, 0.717) is 32.0 Å². The largest absolute Gasteiger partial charge is 0.381 e. The summed E-state index contributed by atoms with van der Waals surface area (Å²) in [6.07, 6.45) is 4.37. The van der Waals surface area contributed by atoms with Crippen molar-refractivity contribution >= 4 is 5.78 Å². The Kier molecular flexibility index (Phi) is 4.55. The first-order chi connectivity index (χ1) is 6.75. The number of Topliss-reactive ketones (excluding diaryl/α,β-unsaturated/α-hetero) is 1. The van der Waals surface area contributed by atoms with Crippen molar-refractivity contribution < 1.29 is 9.53 Å². The summed E-state index contributed by atoms with van der Waals surface area (Å²) in [5.41, 5.74) is 5.48. The molecule has 0 saturated carbocycles. The molecule has 2 N–H and O–H groups in total. The first-order valence-electron chi connectivity index (χ1n) is 5.56. The molecule has 3 heteroatoms. The number of hydrogen-bond donors (Lipinski definition) is 1. The molecule has 1 aliphatic rings. The summed E-state index contributed by atoms with van der Waals surface area (Å²) in [5.74, 6) is 0.352. The zero-order valence-corrected chi connectivity index (χ0v) is 9.05. The summed E-state index contributed by atoms with van der Waals surface area (Å²) in [5, 5.41) is 0. The van der Waals surface area contributed by atoms with Crippen LogP contribution in [0.4, 0.5) is 0 Å². The van der Waals surface area contributed by atoms with Gasteiger partial charge in [-0.05, 0) is 19.3 Å². The molecule has 0 bridgehead atoms. The molecule has 0 aromatic heterocycles. The van der Waals surface area contributed by atoms with E-state index in [1.807, 2.05) is 0 Å². The fourth-order valence-electron chi connectivity index (χ4n) is 1.96. The Labute approximate surface area is 86.0 Å². The van der Waals surface area contributed by atoms with Gasteiger partial charge in [-0.25, -0.2) is 0 Å². The number of hydrogen-bond acceptors (Lipinski definition) is 3. The zero-order chi connectivity index (χ0) is 10.4. The van der Waals surface area contributed by atoms with Gasteiger partial charge in [0.1, 0.15) is 5.78 Å². The number of carbonyl (C=O) groups excluding carboxylic acids is 1. The molecule has 1 aliphatic heterocycles. The molecule has 0 atom stereocenters. The van der Waals surface area contributed by atoms with Crippen LogP contribution in [-0.4, -0.2) is 25.5 Å². The van der Waals surface area contributed by atoms with Crippen LogP contribution in [0.25, 0.3) is 0 Å². The highest BCUT2D eigenvalue weighted by Gasteiger charge is 2.37. The van der Waals surface area contributed by atoms with Gasteiger partial charge in [-0.3, -0.25) is 4.79 Å². The van der Waals surface area contributed by atoms with Crippen LogP contribution in [0.15, 0.2) is 0 Å². The third-order valence-electron chi connectivity index (χ3n) is 3.19. The Hall–Kier alpha value is -0.410. The van der Waals surface area contributed by atoms with Crippen molar-refractivity contribution in [3.8, 4) is 0 Å². The predicted octanol–water partition coefficient (Wildman–Crippen LogP) is 1.50. The molecule has 0 aromatic carbocycles. The average Bonchev–Trinajstić information content (AvgIpc) is 2.26. The van der Waals surface area contributed by atoms with Crippen molar-refractivity contribution in [3.05, 3.63) is 0 Å². The van der Waals surface area contributed by atoms with E-state index in [1.54, 1.807) is 0 Å². The molecular weight excluding hydrogens is 178 g/mol. The third-order valence-corrected chi connectivity index (χ3v) is 3.19. The minimum Gasteiger partial charge on any atom is -0.381 e. The lowest BCUT2D eigenvalue weighted by atomic mass is 9.75. The molecular formula is C11H21NO2. The van der Waals surface area contributed by atoms with Crippen LogP contribution in [0.3, 0.4) is 0 Å².